The van der Waals surface area contributed by atoms with Crippen LogP contribution in [0.2, 0.25) is 0 Å². The van der Waals surface area contributed by atoms with E-state index in [9.17, 15) is 5.11 Å². The van der Waals surface area contributed by atoms with Crippen molar-refractivity contribution in [3.63, 3.8) is 0 Å². The Morgan fingerprint density at radius 2 is 1.02 bits per heavy atom. The Bertz CT molecular complexity index is 1340. The Morgan fingerprint density at radius 3 is 1.48 bits per heavy atom. The van der Waals surface area contributed by atoms with Crippen molar-refractivity contribution in [2.75, 3.05) is 19.8 Å². The fraction of sp³-hybridized carbons (Fsp3) is 0.351. The highest BCUT2D eigenvalue weighted by Gasteiger charge is 2.57. The second-order valence-corrected chi connectivity index (χ2v) is 10.8. The van der Waals surface area contributed by atoms with Crippen molar-refractivity contribution >= 4 is 0 Å². The fourth-order valence-electron chi connectivity index (χ4n) is 5.45. The largest absolute Gasteiger partial charge is 0.391 e. The van der Waals surface area contributed by atoms with Crippen LogP contribution in [-0.2, 0) is 54.8 Å². The molecule has 0 bridgehead atoms. The van der Waals surface area contributed by atoms with Gasteiger partial charge in [0, 0.05) is 6.61 Å². The van der Waals surface area contributed by atoms with Crippen molar-refractivity contribution in [1.82, 2.24) is 0 Å². The molecule has 4 aromatic rings. The Hall–Kier alpha value is -3.40. The molecule has 0 radical (unpaired) electrons. The third kappa shape index (κ3) is 8.61. The van der Waals surface area contributed by atoms with Gasteiger partial charge in [0.05, 0.1) is 33.0 Å². The fourth-order valence-corrected chi connectivity index (χ4v) is 5.45. The molecule has 0 unspecified atom stereocenters. The van der Waals surface area contributed by atoms with Crippen molar-refractivity contribution in [3.8, 4) is 0 Å². The molecule has 1 N–H and O–H groups in total. The summed E-state index contributed by atoms with van der Waals surface area (Å²) >= 11 is 0. The molecule has 1 heterocycles. The molecule has 5 rings (SSSR count). The maximum atomic E-state index is 10.9. The molecule has 0 saturated carbocycles. The van der Waals surface area contributed by atoms with Gasteiger partial charge in [-0.2, -0.15) is 0 Å². The molecule has 0 aliphatic carbocycles. The minimum absolute atomic E-state index is 0.194. The van der Waals surface area contributed by atoms with Crippen LogP contribution in [0.4, 0.5) is 0 Å². The summed E-state index contributed by atoms with van der Waals surface area (Å²) in [5.41, 5.74) is 4.05. The lowest BCUT2D eigenvalue weighted by Crippen LogP contribution is -2.69. The molecule has 4 aromatic carbocycles. The minimum atomic E-state index is -1.50. The summed E-state index contributed by atoms with van der Waals surface area (Å²) in [6.45, 7) is 3.24. The number of aliphatic hydroxyl groups is 1. The van der Waals surface area contributed by atoms with Gasteiger partial charge in [-0.1, -0.05) is 121 Å². The van der Waals surface area contributed by atoms with Gasteiger partial charge in [0.25, 0.3) is 0 Å². The quantitative estimate of drug-likeness (QED) is 0.168. The molecule has 232 valence electrons. The normalized spacial score (nSPS) is 23.4. The number of rotatable bonds is 16. The van der Waals surface area contributed by atoms with Crippen molar-refractivity contribution in [3.05, 3.63) is 144 Å². The van der Waals surface area contributed by atoms with Crippen molar-refractivity contribution in [1.29, 1.82) is 0 Å². The second-order valence-electron chi connectivity index (χ2n) is 10.8. The van der Waals surface area contributed by atoms with E-state index in [0.717, 1.165) is 22.3 Å². The average molecular weight is 599 g/mol. The Kier molecular flexibility index (Phi) is 12.1. The van der Waals surface area contributed by atoms with Crippen LogP contribution in [0.15, 0.2) is 121 Å². The van der Waals surface area contributed by atoms with Gasteiger partial charge in [-0.3, -0.25) is 0 Å². The molecule has 1 fully saturated rings. The van der Waals surface area contributed by atoms with E-state index in [0.29, 0.717) is 26.4 Å². The van der Waals surface area contributed by atoms with Crippen LogP contribution in [0.3, 0.4) is 0 Å². The van der Waals surface area contributed by atoms with Gasteiger partial charge in [-0.05, 0) is 29.2 Å². The summed E-state index contributed by atoms with van der Waals surface area (Å²) in [5, 5.41) is 10.9. The van der Waals surface area contributed by atoms with E-state index < -0.39 is 36.8 Å². The summed E-state index contributed by atoms with van der Waals surface area (Å²) in [6.07, 6.45) is -2.71. The summed E-state index contributed by atoms with van der Waals surface area (Å²) in [4.78, 5) is 0. The van der Waals surface area contributed by atoms with Crippen LogP contribution in [0, 0.1) is 0 Å². The van der Waals surface area contributed by atoms with E-state index in [1.807, 2.05) is 128 Å². The first kappa shape index (κ1) is 32.0. The molecule has 0 amide bonds. The summed E-state index contributed by atoms with van der Waals surface area (Å²) in [7, 11) is 0. The van der Waals surface area contributed by atoms with Crippen molar-refractivity contribution < 1.29 is 33.5 Å². The van der Waals surface area contributed by atoms with Gasteiger partial charge < -0.3 is 33.5 Å². The number of hydrogen-bond donors (Lipinski definition) is 1. The van der Waals surface area contributed by atoms with Crippen LogP contribution >= 0.6 is 0 Å². The summed E-state index contributed by atoms with van der Waals surface area (Å²) < 4.78 is 39.0. The van der Waals surface area contributed by atoms with Gasteiger partial charge in [0.2, 0.25) is 5.79 Å². The van der Waals surface area contributed by atoms with Crippen molar-refractivity contribution in [2.24, 2.45) is 0 Å². The smallest absolute Gasteiger partial charge is 0.221 e. The predicted molar refractivity (Wildman–Crippen MR) is 167 cm³/mol. The summed E-state index contributed by atoms with van der Waals surface area (Å²) in [5.74, 6) is -1.50. The first-order valence-electron chi connectivity index (χ1n) is 15.2. The molecular formula is C37H42O7. The van der Waals surface area contributed by atoms with Gasteiger partial charge in [-0.15, -0.1) is 0 Å². The van der Waals surface area contributed by atoms with Crippen LogP contribution in [0.1, 0.15) is 29.2 Å². The molecular weight excluding hydrogens is 556 g/mol. The number of hydrogen-bond acceptors (Lipinski definition) is 7. The average Bonchev–Trinajstić information content (AvgIpc) is 3.08. The van der Waals surface area contributed by atoms with Crippen LogP contribution in [0.5, 0.6) is 0 Å². The Balaban J connectivity index is 1.47. The molecule has 5 atom stereocenters. The van der Waals surface area contributed by atoms with E-state index in [1.165, 1.54) is 0 Å². The first-order valence-corrected chi connectivity index (χ1v) is 15.2. The van der Waals surface area contributed by atoms with Gasteiger partial charge in [-0.25, -0.2) is 0 Å². The lowest BCUT2D eigenvalue weighted by molar-refractivity contribution is -0.389. The maximum absolute atomic E-state index is 10.9. The standard InChI is InChI=1S/C37H42O7/c1-2-43-37(28-38)36(42-26-32-21-13-6-14-22-32)35(41-25-31-19-11-5-12-20-31)34(40-24-30-17-9-4-10-18-30)33(44-37)27-39-23-29-15-7-3-8-16-29/h3-22,33-36,38H,2,23-28H2,1H3/t33-,34-,35+,36-,37-/m1/s1. The minimum Gasteiger partial charge on any atom is -0.391 e. The zero-order valence-corrected chi connectivity index (χ0v) is 25.2. The molecule has 0 spiro atoms. The van der Waals surface area contributed by atoms with Crippen LogP contribution < -0.4 is 0 Å². The Morgan fingerprint density at radius 1 is 0.591 bits per heavy atom. The SMILES string of the molecule is CCO[C@]1(CO)O[C@H](COCc2ccccc2)[C@@H](OCc2ccccc2)[C@H](OCc2ccccc2)[C@H]1OCc1ccccc1. The zero-order chi connectivity index (χ0) is 30.5. The molecule has 1 aliphatic heterocycles. The first-order chi connectivity index (χ1) is 21.7. The monoisotopic (exact) mass is 598 g/mol. The van der Waals surface area contributed by atoms with Crippen LogP contribution in [0.25, 0.3) is 0 Å². The topological polar surface area (TPSA) is 75.6 Å². The molecule has 0 aromatic heterocycles. The highest BCUT2D eigenvalue weighted by molar-refractivity contribution is 5.17. The second kappa shape index (κ2) is 16.6. The molecule has 44 heavy (non-hydrogen) atoms. The number of ether oxygens (including phenoxy) is 6. The molecule has 7 nitrogen and oxygen atoms in total. The number of benzene rings is 4. The molecule has 1 aliphatic rings. The maximum Gasteiger partial charge on any atom is 0.221 e. The van der Waals surface area contributed by atoms with Gasteiger partial charge >= 0.3 is 0 Å². The van der Waals surface area contributed by atoms with E-state index in [2.05, 4.69) is 0 Å². The lowest BCUT2D eigenvalue weighted by Gasteiger charge is -2.51. The van der Waals surface area contributed by atoms with Gasteiger partial charge in [0.15, 0.2) is 0 Å². The highest BCUT2D eigenvalue weighted by Crippen LogP contribution is 2.38. The Labute approximate surface area is 260 Å². The van der Waals surface area contributed by atoms with E-state index in [4.69, 9.17) is 28.4 Å². The predicted octanol–water partition coefficient (Wildman–Crippen LogP) is 6.08. The third-order valence-electron chi connectivity index (χ3n) is 7.62. The number of aliphatic hydroxyl groups excluding tert-OH is 1. The zero-order valence-electron chi connectivity index (χ0n) is 25.2. The molecule has 7 heteroatoms. The van der Waals surface area contributed by atoms with E-state index in [-0.39, 0.29) is 13.2 Å². The van der Waals surface area contributed by atoms with E-state index in [1.54, 1.807) is 0 Å². The van der Waals surface area contributed by atoms with Crippen molar-refractivity contribution in [2.45, 2.75) is 63.6 Å². The summed E-state index contributed by atoms with van der Waals surface area (Å²) in [6, 6.07) is 39.8. The third-order valence-corrected chi connectivity index (χ3v) is 7.62. The lowest BCUT2D eigenvalue weighted by atomic mass is 9.91. The highest BCUT2D eigenvalue weighted by atomic mass is 16.7. The van der Waals surface area contributed by atoms with Gasteiger partial charge in [0.1, 0.15) is 31.0 Å². The molecule has 1 saturated heterocycles. The van der Waals surface area contributed by atoms with Crippen LogP contribution in [-0.4, -0.2) is 55.1 Å². The van der Waals surface area contributed by atoms with E-state index >= 15 is 0 Å².